The minimum Gasteiger partial charge on any atom is -0.381 e. The van der Waals surface area contributed by atoms with Gasteiger partial charge in [0.15, 0.2) is 0 Å². The zero-order valence-corrected chi connectivity index (χ0v) is 11.8. The van der Waals surface area contributed by atoms with E-state index >= 15 is 0 Å². The van der Waals surface area contributed by atoms with Crippen LogP contribution in [0.3, 0.4) is 0 Å². The molecule has 2 aliphatic rings. The Balaban J connectivity index is 1.74. The van der Waals surface area contributed by atoms with Gasteiger partial charge in [-0.1, -0.05) is 20.3 Å². The minimum absolute atomic E-state index is 0.524. The van der Waals surface area contributed by atoms with E-state index in [-0.39, 0.29) is 0 Å². The fourth-order valence-electron chi connectivity index (χ4n) is 3.64. The number of nitrogens with one attached hydrogen (secondary N) is 1. The summed E-state index contributed by atoms with van der Waals surface area (Å²) in [7, 11) is 1.85. The van der Waals surface area contributed by atoms with Gasteiger partial charge in [0.25, 0.3) is 0 Å². The Kier molecular flexibility index (Phi) is 4.48. The summed E-state index contributed by atoms with van der Waals surface area (Å²) < 4.78 is 5.43. The second kappa shape index (κ2) is 5.71. The number of hydrogen-bond acceptors (Lipinski definition) is 2. The van der Waals surface area contributed by atoms with Crippen molar-refractivity contribution in [3.63, 3.8) is 0 Å². The van der Waals surface area contributed by atoms with Crippen LogP contribution in [0.25, 0.3) is 0 Å². The molecule has 1 atom stereocenters. The van der Waals surface area contributed by atoms with E-state index in [1.165, 1.54) is 51.4 Å². The summed E-state index contributed by atoms with van der Waals surface area (Å²) in [6.07, 6.45) is 11.2. The normalized spacial score (nSPS) is 37.9. The molecule has 2 nitrogen and oxygen atoms in total. The fourth-order valence-corrected chi connectivity index (χ4v) is 3.64. The maximum Gasteiger partial charge on any atom is 0.0572 e. The predicted octanol–water partition coefficient (Wildman–Crippen LogP) is 3.50. The molecule has 0 saturated heterocycles. The quantitative estimate of drug-likeness (QED) is 0.814. The van der Waals surface area contributed by atoms with E-state index in [0.29, 0.717) is 11.5 Å². The molecule has 17 heavy (non-hydrogen) atoms. The highest BCUT2D eigenvalue weighted by molar-refractivity contribution is 4.87. The molecule has 0 aliphatic heterocycles. The Labute approximate surface area is 107 Å². The molecule has 0 spiro atoms. The van der Waals surface area contributed by atoms with E-state index in [2.05, 4.69) is 19.2 Å². The first-order valence-electron chi connectivity index (χ1n) is 7.38. The predicted molar refractivity (Wildman–Crippen MR) is 72.2 cm³/mol. The van der Waals surface area contributed by atoms with Crippen LogP contribution in [-0.4, -0.2) is 25.3 Å². The smallest absolute Gasteiger partial charge is 0.0572 e. The maximum absolute atomic E-state index is 5.43. The number of hydrogen-bond donors (Lipinski definition) is 1. The Bertz CT molecular complexity index is 231. The Morgan fingerprint density at radius 2 is 1.71 bits per heavy atom. The molecular formula is C15H29NO. The highest BCUT2D eigenvalue weighted by Gasteiger charge is 2.30. The maximum atomic E-state index is 5.43. The molecular weight excluding hydrogens is 210 g/mol. The molecule has 2 heteroatoms. The molecule has 2 fully saturated rings. The van der Waals surface area contributed by atoms with E-state index in [1.54, 1.807) is 0 Å². The molecule has 1 N–H and O–H groups in total. The van der Waals surface area contributed by atoms with Crippen LogP contribution in [0.5, 0.6) is 0 Å². The van der Waals surface area contributed by atoms with Gasteiger partial charge in [-0.05, 0) is 50.4 Å². The van der Waals surface area contributed by atoms with E-state index in [1.807, 2.05) is 7.11 Å². The molecule has 1 unspecified atom stereocenters. The van der Waals surface area contributed by atoms with Gasteiger partial charge in [0.05, 0.1) is 6.10 Å². The van der Waals surface area contributed by atoms with Crippen molar-refractivity contribution in [2.24, 2.45) is 5.41 Å². The molecule has 0 aromatic rings. The molecule has 0 amide bonds. The second-order valence-corrected chi connectivity index (χ2v) is 6.83. The van der Waals surface area contributed by atoms with Crippen molar-refractivity contribution in [2.45, 2.75) is 83.4 Å². The Morgan fingerprint density at radius 1 is 1.00 bits per heavy atom. The van der Waals surface area contributed by atoms with E-state index in [0.717, 1.165) is 12.1 Å². The monoisotopic (exact) mass is 239 g/mol. The van der Waals surface area contributed by atoms with E-state index < -0.39 is 0 Å². The van der Waals surface area contributed by atoms with Gasteiger partial charge in [0.2, 0.25) is 0 Å². The fraction of sp³-hybridized carbons (Fsp3) is 1.00. The average molecular weight is 239 g/mol. The van der Waals surface area contributed by atoms with Gasteiger partial charge in [-0.25, -0.2) is 0 Å². The summed E-state index contributed by atoms with van der Waals surface area (Å²) in [4.78, 5) is 0. The lowest BCUT2D eigenvalue weighted by Gasteiger charge is -2.39. The van der Waals surface area contributed by atoms with Crippen molar-refractivity contribution >= 4 is 0 Å². The van der Waals surface area contributed by atoms with Crippen molar-refractivity contribution < 1.29 is 4.74 Å². The molecule has 100 valence electrons. The van der Waals surface area contributed by atoms with Gasteiger partial charge in [-0.2, -0.15) is 0 Å². The van der Waals surface area contributed by atoms with Crippen molar-refractivity contribution in [2.75, 3.05) is 7.11 Å². The molecule has 0 aromatic heterocycles. The van der Waals surface area contributed by atoms with Crippen molar-refractivity contribution in [3.8, 4) is 0 Å². The third-order valence-corrected chi connectivity index (χ3v) is 4.68. The summed E-state index contributed by atoms with van der Waals surface area (Å²) in [5.74, 6) is 0. The zero-order chi connectivity index (χ0) is 12.3. The Hall–Kier alpha value is -0.0800. The van der Waals surface area contributed by atoms with Gasteiger partial charge >= 0.3 is 0 Å². The summed E-state index contributed by atoms with van der Waals surface area (Å²) in [5, 5.41) is 3.90. The third-order valence-electron chi connectivity index (χ3n) is 4.68. The Morgan fingerprint density at radius 3 is 2.29 bits per heavy atom. The standard InChI is InChI=1S/C15H29NO/c1-15(2)10-4-5-13(11-15)16-12-6-8-14(17-3)9-7-12/h12-14,16H,4-11H2,1-3H3. The van der Waals surface area contributed by atoms with Crippen molar-refractivity contribution in [3.05, 3.63) is 0 Å². The zero-order valence-electron chi connectivity index (χ0n) is 11.8. The molecule has 2 saturated carbocycles. The number of ether oxygens (including phenoxy) is 1. The van der Waals surface area contributed by atoms with Crippen LogP contribution >= 0.6 is 0 Å². The molecule has 0 bridgehead atoms. The summed E-state index contributed by atoms with van der Waals surface area (Å²) >= 11 is 0. The summed E-state index contributed by atoms with van der Waals surface area (Å²) in [6, 6.07) is 1.52. The first-order chi connectivity index (χ1) is 8.09. The van der Waals surface area contributed by atoms with Gasteiger partial charge < -0.3 is 10.1 Å². The van der Waals surface area contributed by atoms with Gasteiger partial charge in [-0.15, -0.1) is 0 Å². The highest BCUT2D eigenvalue weighted by atomic mass is 16.5. The minimum atomic E-state index is 0.524. The SMILES string of the molecule is COC1CCC(NC2CCCC(C)(C)C2)CC1. The van der Waals surface area contributed by atoms with Crippen molar-refractivity contribution in [1.29, 1.82) is 0 Å². The topological polar surface area (TPSA) is 21.3 Å². The summed E-state index contributed by atoms with van der Waals surface area (Å²) in [6.45, 7) is 4.84. The first kappa shape index (κ1) is 13.4. The van der Waals surface area contributed by atoms with Crippen molar-refractivity contribution in [1.82, 2.24) is 5.32 Å². The van der Waals surface area contributed by atoms with Gasteiger partial charge in [0, 0.05) is 19.2 Å². The highest BCUT2D eigenvalue weighted by Crippen LogP contribution is 2.35. The van der Waals surface area contributed by atoms with Crippen LogP contribution in [0.1, 0.15) is 65.2 Å². The molecule has 0 radical (unpaired) electrons. The van der Waals surface area contributed by atoms with E-state index in [4.69, 9.17) is 4.74 Å². The average Bonchev–Trinajstić information content (AvgIpc) is 2.29. The van der Waals surface area contributed by atoms with Crippen LogP contribution in [0.15, 0.2) is 0 Å². The lowest BCUT2D eigenvalue weighted by atomic mass is 9.75. The van der Waals surface area contributed by atoms with Crippen LogP contribution in [0.2, 0.25) is 0 Å². The molecule has 0 heterocycles. The molecule has 2 rings (SSSR count). The van der Waals surface area contributed by atoms with Crippen LogP contribution in [-0.2, 0) is 4.74 Å². The molecule has 0 aromatic carbocycles. The van der Waals surface area contributed by atoms with Crippen LogP contribution in [0, 0.1) is 5.41 Å². The van der Waals surface area contributed by atoms with Crippen LogP contribution in [0.4, 0.5) is 0 Å². The lowest BCUT2D eigenvalue weighted by molar-refractivity contribution is 0.0585. The first-order valence-corrected chi connectivity index (χ1v) is 7.38. The largest absolute Gasteiger partial charge is 0.381 e. The second-order valence-electron chi connectivity index (χ2n) is 6.83. The third kappa shape index (κ3) is 3.96. The van der Waals surface area contributed by atoms with Gasteiger partial charge in [0.1, 0.15) is 0 Å². The summed E-state index contributed by atoms with van der Waals surface area (Å²) in [5.41, 5.74) is 0.555. The molecule has 2 aliphatic carbocycles. The number of rotatable bonds is 3. The lowest BCUT2D eigenvalue weighted by Crippen LogP contribution is -2.45. The van der Waals surface area contributed by atoms with E-state index in [9.17, 15) is 0 Å². The van der Waals surface area contributed by atoms with Crippen LogP contribution < -0.4 is 5.32 Å². The number of methoxy groups -OCH3 is 1. The van der Waals surface area contributed by atoms with Gasteiger partial charge in [-0.3, -0.25) is 0 Å².